The van der Waals surface area contributed by atoms with Gasteiger partial charge < -0.3 is 14.1 Å². The number of nitrogens with zero attached hydrogens (tertiary/aromatic N) is 1. The number of halogens is 1. The largest absolute Gasteiger partial charge is 0.497 e. The van der Waals surface area contributed by atoms with Crippen LogP contribution in [0.4, 0.5) is 0 Å². The van der Waals surface area contributed by atoms with E-state index in [1.807, 2.05) is 55.5 Å². The average Bonchev–Trinajstić information content (AvgIpc) is 3.11. The summed E-state index contributed by atoms with van der Waals surface area (Å²) in [6.07, 6.45) is 0.631. The van der Waals surface area contributed by atoms with E-state index >= 15 is 0 Å². The van der Waals surface area contributed by atoms with Crippen LogP contribution in [0.2, 0.25) is 5.02 Å². The number of fused-ring (bicyclic) bond motifs is 2. The van der Waals surface area contributed by atoms with Gasteiger partial charge in [-0.3, -0.25) is 9.59 Å². The van der Waals surface area contributed by atoms with Gasteiger partial charge in [0, 0.05) is 11.6 Å². The van der Waals surface area contributed by atoms with Gasteiger partial charge in [-0.1, -0.05) is 53.6 Å². The Morgan fingerprint density at radius 1 is 1.00 bits per heavy atom. The normalized spacial score (nSPS) is 15.2. The molecule has 0 aliphatic carbocycles. The van der Waals surface area contributed by atoms with E-state index in [9.17, 15) is 9.59 Å². The SMILES string of the molecule is COc1ccc(CCN2C(=O)c3oc4ccc(Cl)cc4c(=O)c3[C@@H]2c2ccc(C)cc2)cc1. The molecule has 1 atom stereocenters. The molecule has 33 heavy (non-hydrogen) atoms. The van der Waals surface area contributed by atoms with Gasteiger partial charge in [-0.15, -0.1) is 0 Å². The highest BCUT2D eigenvalue weighted by Crippen LogP contribution is 2.38. The molecule has 1 aromatic heterocycles. The van der Waals surface area contributed by atoms with Crippen molar-refractivity contribution in [1.29, 1.82) is 0 Å². The first-order valence-corrected chi connectivity index (χ1v) is 11.1. The number of hydrogen-bond donors (Lipinski definition) is 0. The van der Waals surface area contributed by atoms with E-state index in [-0.39, 0.29) is 17.1 Å². The molecule has 0 unspecified atom stereocenters. The molecule has 6 heteroatoms. The molecule has 3 aromatic carbocycles. The molecule has 0 saturated carbocycles. The summed E-state index contributed by atoms with van der Waals surface area (Å²) in [7, 11) is 1.63. The Labute approximate surface area is 196 Å². The van der Waals surface area contributed by atoms with Crippen molar-refractivity contribution in [3.8, 4) is 5.75 Å². The van der Waals surface area contributed by atoms with Crippen molar-refractivity contribution < 1.29 is 13.9 Å². The van der Waals surface area contributed by atoms with E-state index in [0.29, 0.717) is 34.5 Å². The fourth-order valence-corrected chi connectivity index (χ4v) is 4.53. The minimum Gasteiger partial charge on any atom is -0.497 e. The summed E-state index contributed by atoms with van der Waals surface area (Å²) in [5, 5.41) is 0.825. The second-order valence-corrected chi connectivity index (χ2v) is 8.66. The molecule has 166 valence electrons. The molecule has 1 aliphatic rings. The molecule has 0 N–H and O–H groups in total. The van der Waals surface area contributed by atoms with Gasteiger partial charge in [-0.05, 0) is 54.8 Å². The molecule has 0 fully saturated rings. The average molecular weight is 460 g/mol. The number of amides is 1. The van der Waals surface area contributed by atoms with Crippen molar-refractivity contribution >= 4 is 28.5 Å². The van der Waals surface area contributed by atoms with Gasteiger partial charge in [-0.2, -0.15) is 0 Å². The van der Waals surface area contributed by atoms with Gasteiger partial charge >= 0.3 is 0 Å². The molecule has 5 rings (SSSR count). The van der Waals surface area contributed by atoms with Crippen LogP contribution < -0.4 is 10.2 Å². The maximum atomic E-state index is 13.5. The summed E-state index contributed by atoms with van der Waals surface area (Å²) in [6, 6.07) is 20.0. The molecule has 0 radical (unpaired) electrons. The number of carbonyl (C=O) groups is 1. The molecule has 0 bridgehead atoms. The fourth-order valence-electron chi connectivity index (χ4n) is 4.36. The van der Waals surface area contributed by atoms with E-state index in [2.05, 4.69) is 0 Å². The lowest BCUT2D eigenvalue weighted by atomic mass is 9.97. The molecule has 5 nitrogen and oxygen atoms in total. The number of carbonyl (C=O) groups excluding carboxylic acids is 1. The predicted octanol–water partition coefficient (Wildman–Crippen LogP) is 5.55. The molecular formula is C27H22ClNO4. The van der Waals surface area contributed by atoms with E-state index in [0.717, 1.165) is 22.4 Å². The first-order chi connectivity index (χ1) is 16.0. The molecule has 4 aromatic rings. The highest BCUT2D eigenvalue weighted by molar-refractivity contribution is 6.31. The van der Waals surface area contributed by atoms with E-state index < -0.39 is 6.04 Å². The van der Waals surface area contributed by atoms with Crippen molar-refractivity contribution in [3.05, 3.63) is 110 Å². The topological polar surface area (TPSA) is 59.8 Å². The van der Waals surface area contributed by atoms with Crippen molar-refractivity contribution in [2.75, 3.05) is 13.7 Å². The molecule has 0 saturated heterocycles. The van der Waals surface area contributed by atoms with Gasteiger partial charge in [-0.25, -0.2) is 0 Å². The highest BCUT2D eigenvalue weighted by atomic mass is 35.5. The summed E-state index contributed by atoms with van der Waals surface area (Å²) in [5.41, 5.74) is 3.55. The molecule has 2 heterocycles. The summed E-state index contributed by atoms with van der Waals surface area (Å²) in [5.74, 6) is 0.606. The molecular weight excluding hydrogens is 438 g/mol. The lowest BCUT2D eigenvalue weighted by molar-refractivity contribution is 0.0730. The van der Waals surface area contributed by atoms with Gasteiger partial charge in [0.05, 0.1) is 24.1 Å². The minimum atomic E-state index is -0.522. The lowest BCUT2D eigenvalue weighted by Crippen LogP contribution is -2.31. The zero-order valence-corrected chi connectivity index (χ0v) is 19.1. The monoisotopic (exact) mass is 459 g/mol. The molecule has 0 spiro atoms. The first kappa shape index (κ1) is 21.3. The van der Waals surface area contributed by atoms with Crippen LogP contribution in [0, 0.1) is 6.92 Å². The van der Waals surface area contributed by atoms with E-state index in [1.165, 1.54) is 0 Å². The zero-order chi connectivity index (χ0) is 23.1. The van der Waals surface area contributed by atoms with Gasteiger partial charge in [0.2, 0.25) is 5.76 Å². The third-order valence-electron chi connectivity index (χ3n) is 6.12. The van der Waals surface area contributed by atoms with E-state index in [1.54, 1.807) is 30.2 Å². The van der Waals surface area contributed by atoms with Crippen molar-refractivity contribution in [3.63, 3.8) is 0 Å². The van der Waals surface area contributed by atoms with Crippen LogP contribution in [0.5, 0.6) is 5.75 Å². The van der Waals surface area contributed by atoms with Crippen LogP contribution in [0.3, 0.4) is 0 Å². The maximum absolute atomic E-state index is 13.5. The van der Waals surface area contributed by atoms with Crippen molar-refractivity contribution in [1.82, 2.24) is 4.90 Å². The van der Waals surface area contributed by atoms with Crippen LogP contribution in [-0.2, 0) is 6.42 Å². The predicted molar refractivity (Wildman–Crippen MR) is 128 cm³/mol. The smallest absolute Gasteiger partial charge is 0.290 e. The Bertz CT molecular complexity index is 1410. The van der Waals surface area contributed by atoms with Crippen LogP contribution in [0.25, 0.3) is 11.0 Å². The number of ether oxygens (including phenoxy) is 1. The van der Waals surface area contributed by atoms with E-state index in [4.69, 9.17) is 20.8 Å². The van der Waals surface area contributed by atoms with Crippen LogP contribution in [-0.4, -0.2) is 24.5 Å². The number of hydrogen-bond acceptors (Lipinski definition) is 4. The first-order valence-electron chi connectivity index (χ1n) is 10.7. The minimum absolute atomic E-state index is 0.107. The van der Waals surface area contributed by atoms with Gasteiger partial charge in [0.15, 0.2) is 5.43 Å². The number of aryl methyl sites for hydroxylation is 1. The van der Waals surface area contributed by atoms with Crippen molar-refractivity contribution in [2.24, 2.45) is 0 Å². The van der Waals surface area contributed by atoms with Gasteiger partial charge in [0.25, 0.3) is 5.91 Å². The quantitative estimate of drug-likeness (QED) is 0.392. The Balaban J connectivity index is 1.60. The van der Waals surface area contributed by atoms with Crippen LogP contribution >= 0.6 is 11.6 Å². The van der Waals surface area contributed by atoms with Crippen molar-refractivity contribution in [2.45, 2.75) is 19.4 Å². The number of rotatable bonds is 5. The Hall–Kier alpha value is -3.57. The molecule has 1 aliphatic heterocycles. The highest BCUT2D eigenvalue weighted by Gasteiger charge is 2.42. The third kappa shape index (κ3) is 3.79. The zero-order valence-electron chi connectivity index (χ0n) is 18.3. The summed E-state index contributed by atoms with van der Waals surface area (Å²) >= 11 is 6.14. The fraction of sp³-hybridized carbons (Fsp3) is 0.185. The Kier molecular flexibility index (Phi) is 5.43. The maximum Gasteiger partial charge on any atom is 0.290 e. The Morgan fingerprint density at radius 3 is 2.42 bits per heavy atom. The Morgan fingerprint density at radius 2 is 1.73 bits per heavy atom. The summed E-state index contributed by atoms with van der Waals surface area (Å²) < 4.78 is 11.2. The summed E-state index contributed by atoms with van der Waals surface area (Å²) in [4.78, 5) is 28.8. The standard InChI is InChI=1S/C27H22ClNO4/c1-16-3-7-18(8-4-16)24-23-25(30)21-15-19(28)9-12-22(21)33-26(23)27(31)29(24)14-13-17-5-10-20(32-2)11-6-17/h3-12,15,24H,13-14H2,1-2H3/t24-/m0/s1. The second-order valence-electron chi connectivity index (χ2n) is 8.22. The lowest BCUT2D eigenvalue weighted by Gasteiger charge is -2.25. The second kappa shape index (κ2) is 8.41. The number of methoxy groups -OCH3 is 1. The van der Waals surface area contributed by atoms with Crippen LogP contribution in [0.1, 0.15) is 38.9 Å². The molecule has 1 amide bonds. The number of benzene rings is 3. The third-order valence-corrected chi connectivity index (χ3v) is 6.36. The summed E-state index contributed by atoms with van der Waals surface area (Å²) in [6.45, 7) is 2.44. The van der Waals surface area contributed by atoms with Crippen LogP contribution in [0.15, 0.2) is 75.9 Å². The van der Waals surface area contributed by atoms with Gasteiger partial charge in [0.1, 0.15) is 11.3 Å².